The van der Waals surface area contributed by atoms with Gasteiger partial charge in [0.2, 0.25) is 10.0 Å². The molecule has 0 spiro atoms. The van der Waals surface area contributed by atoms with Gasteiger partial charge in [0.1, 0.15) is 11.5 Å². The molecule has 0 atom stereocenters. The Morgan fingerprint density at radius 1 is 1.04 bits per heavy atom. The van der Waals surface area contributed by atoms with E-state index in [0.717, 1.165) is 16.7 Å². The third kappa shape index (κ3) is 4.01. The largest absolute Gasteiger partial charge is 0.374 e. The maximum Gasteiger partial charge on any atom is 0.239 e. The average molecular weight is 401 g/mol. The third-order valence-corrected chi connectivity index (χ3v) is 5.60. The molecule has 0 amide bonds. The monoisotopic (exact) mass is 400 g/mol. The van der Waals surface area contributed by atoms with Crippen molar-refractivity contribution in [2.75, 3.05) is 0 Å². The van der Waals surface area contributed by atoms with Crippen molar-refractivity contribution >= 4 is 10.0 Å². The van der Waals surface area contributed by atoms with Crippen LogP contribution in [0.15, 0.2) is 51.9 Å². The van der Waals surface area contributed by atoms with Crippen LogP contribution in [0.1, 0.15) is 30.7 Å². The van der Waals surface area contributed by atoms with Crippen LogP contribution in [-0.2, 0) is 21.4 Å². The van der Waals surface area contributed by atoms with Gasteiger partial charge in [-0.15, -0.1) is 0 Å². The Balaban J connectivity index is 2.27. The van der Waals surface area contributed by atoms with Crippen LogP contribution in [0.25, 0.3) is 22.4 Å². The fourth-order valence-corrected chi connectivity index (χ4v) is 4.03. The Morgan fingerprint density at radius 3 is 2.29 bits per heavy atom. The number of primary sulfonamides is 1. The molecule has 0 fully saturated rings. The van der Waals surface area contributed by atoms with Crippen LogP contribution < -0.4 is 5.14 Å². The lowest BCUT2D eigenvalue weighted by atomic mass is 9.96. The summed E-state index contributed by atoms with van der Waals surface area (Å²) in [5.74, 6) is 0.631. The molecule has 2 N–H and O–H groups in total. The molecule has 28 heavy (non-hydrogen) atoms. The number of benzene rings is 2. The first-order valence-electron chi connectivity index (χ1n) is 8.99. The first kappa shape index (κ1) is 20.3. The van der Waals surface area contributed by atoms with E-state index >= 15 is 0 Å². The minimum atomic E-state index is -4.04. The molecule has 148 valence electrons. The fourth-order valence-electron chi connectivity index (χ4n) is 3.08. The molecule has 0 aliphatic heterocycles. The van der Waals surface area contributed by atoms with Gasteiger partial charge in [0.05, 0.1) is 17.6 Å². The molecule has 3 rings (SSSR count). The molecule has 0 aliphatic rings. The van der Waals surface area contributed by atoms with Crippen molar-refractivity contribution in [3.63, 3.8) is 0 Å². The third-order valence-electron chi connectivity index (χ3n) is 4.59. The van der Waals surface area contributed by atoms with E-state index in [1.165, 1.54) is 0 Å². The summed E-state index contributed by atoms with van der Waals surface area (Å²) in [6.45, 7) is 7.89. The summed E-state index contributed by atoms with van der Waals surface area (Å²) in [4.78, 5) is 0.0309. The smallest absolute Gasteiger partial charge is 0.239 e. The molecular weight excluding hydrogens is 376 g/mol. The second-order valence-corrected chi connectivity index (χ2v) is 8.45. The number of hydrogen-bond acceptors (Lipinski definition) is 5. The number of hydrogen-bond donors (Lipinski definition) is 1. The maximum absolute atomic E-state index is 12.6. The number of sulfonamides is 1. The van der Waals surface area contributed by atoms with E-state index in [1.54, 1.807) is 25.1 Å². The average Bonchev–Trinajstić information content (AvgIpc) is 2.97. The van der Waals surface area contributed by atoms with Crippen LogP contribution in [-0.4, -0.2) is 19.7 Å². The Hall–Kier alpha value is -2.48. The summed E-state index contributed by atoms with van der Waals surface area (Å²) in [5.41, 5.74) is 3.83. The summed E-state index contributed by atoms with van der Waals surface area (Å²) < 4.78 is 36.2. The molecule has 0 bridgehead atoms. The van der Waals surface area contributed by atoms with Crippen LogP contribution in [0.2, 0.25) is 0 Å². The Kier molecular flexibility index (Phi) is 5.69. The van der Waals surface area contributed by atoms with E-state index in [-0.39, 0.29) is 11.0 Å². The molecule has 1 heterocycles. The normalized spacial score (nSPS) is 11.9. The number of ether oxygens (including phenoxy) is 1. The van der Waals surface area contributed by atoms with Gasteiger partial charge in [-0.2, -0.15) is 0 Å². The van der Waals surface area contributed by atoms with Gasteiger partial charge in [-0.05, 0) is 38.8 Å². The van der Waals surface area contributed by atoms with Gasteiger partial charge in [0.15, 0.2) is 0 Å². The minimum absolute atomic E-state index is 0.0309. The minimum Gasteiger partial charge on any atom is -0.374 e. The number of aromatic nitrogens is 1. The molecule has 0 aliphatic carbocycles. The number of rotatable bonds is 6. The molecule has 0 saturated carbocycles. The highest BCUT2D eigenvalue weighted by molar-refractivity contribution is 7.89. The van der Waals surface area contributed by atoms with Crippen LogP contribution in [0.4, 0.5) is 0 Å². The Bertz CT molecular complexity index is 1100. The van der Waals surface area contributed by atoms with Crippen molar-refractivity contribution in [3.05, 3.63) is 59.4 Å². The van der Waals surface area contributed by atoms with Crippen molar-refractivity contribution < 1.29 is 17.7 Å². The van der Waals surface area contributed by atoms with E-state index in [0.29, 0.717) is 29.2 Å². The lowest BCUT2D eigenvalue weighted by molar-refractivity contribution is 0.0660. The van der Waals surface area contributed by atoms with Crippen LogP contribution in [0.5, 0.6) is 0 Å². The summed E-state index contributed by atoms with van der Waals surface area (Å²) in [6, 6.07) is 12.8. The van der Waals surface area contributed by atoms with E-state index < -0.39 is 10.0 Å². The van der Waals surface area contributed by atoms with Gasteiger partial charge in [-0.25, -0.2) is 13.6 Å². The summed E-state index contributed by atoms with van der Waals surface area (Å²) in [7, 11) is -4.04. The van der Waals surface area contributed by atoms with Crippen molar-refractivity contribution in [1.82, 2.24) is 5.16 Å². The number of aryl methyl sites for hydroxylation is 1. The molecular formula is C21H24N2O4S. The first-order chi connectivity index (χ1) is 13.2. The zero-order valence-electron chi connectivity index (χ0n) is 16.4. The predicted octanol–water partition coefficient (Wildman–Crippen LogP) is 4.20. The number of nitrogens with two attached hydrogens (primary N) is 1. The van der Waals surface area contributed by atoms with Gasteiger partial charge in [0.25, 0.3) is 0 Å². The molecule has 6 nitrogen and oxygen atoms in total. The van der Waals surface area contributed by atoms with Crippen molar-refractivity contribution in [1.29, 1.82) is 0 Å². The summed E-state index contributed by atoms with van der Waals surface area (Å²) >= 11 is 0. The first-order valence-corrected chi connectivity index (χ1v) is 10.5. The van der Waals surface area contributed by atoms with Crippen LogP contribution in [0.3, 0.4) is 0 Å². The summed E-state index contributed by atoms with van der Waals surface area (Å²) in [6.07, 6.45) is 0.0536. The highest BCUT2D eigenvalue weighted by Gasteiger charge is 2.25. The van der Waals surface area contributed by atoms with Crippen molar-refractivity contribution in [2.24, 2.45) is 5.14 Å². The maximum atomic E-state index is 12.6. The van der Waals surface area contributed by atoms with E-state index in [1.807, 2.05) is 45.0 Å². The van der Waals surface area contributed by atoms with E-state index in [9.17, 15) is 8.42 Å². The fraction of sp³-hybridized carbons (Fsp3) is 0.286. The Labute approximate surface area is 165 Å². The van der Waals surface area contributed by atoms with E-state index in [4.69, 9.17) is 14.4 Å². The zero-order valence-corrected chi connectivity index (χ0v) is 17.2. The molecule has 0 saturated heterocycles. The van der Waals surface area contributed by atoms with Crippen molar-refractivity contribution in [2.45, 2.75) is 45.3 Å². The van der Waals surface area contributed by atoms with Crippen molar-refractivity contribution in [3.8, 4) is 22.4 Å². The van der Waals surface area contributed by atoms with Crippen LogP contribution in [0, 0.1) is 13.8 Å². The lowest BCUT2D eigenvalue weighted by Crippen LogP contribution is -2.15. The molecule has 7 heteroatoms. The van der Waals surface area contributed by atoms with Gasteiger partial charge >= 0.3 is 0 Å². The highest BCUT2D eigenvalue weighted by Crippen LogP contribution is 2.38. The second kappa shape index (κ2) is 7.87. The second-order valence-electron chi connectivity index (χ2n) is 6.96. The molecule has 3 aromatic rings. The highest BCUT2D eigenvalue weighted by atomic mass is 32.2. The quantitative estimate of drug-likeness (QED) is 0.669. The van der Waals surface area contributed by atoms with Gasteiger partial charge in [0, 0.05) is 16.7 Å². The van der Waals surface area contributed by atoms with Gasteiger partial charge in [-0.3, -0.25) is 0 Å². The number of nitrogens with zero attached hydrogens (tertiary/aromatic N) is 1. The summed E-state index contributed by atoms with van der Waals surface area (Å²) in [5, 5.41) is 9.70. The lowest BCUT2D eigenvalue weighted by Gasteiger charge is -2.16. The zero-order chi connectivity index (χ0) is 20.5. The molecule has 1 aromatic heterocycles. The van der Waals surface area contributed by atoms with Gasteiger partial charge < -0.3 is 9.26 Å². The SMILES string of the molecule is Cc1onc(-c2cccc(-c3ccccc3COC(C)C)c2S(N)(=O)=O)c1C. The topological polar surface area (TPSA) is 95.4 Å². The standard InChI is InChI=1S/C21H24N2O4S/c1-13(2)26-12-16-8-5-6-9-17(16)18-10-7-11-19(21(18)28(22,24)25)20-14(3)15(4)27-23-20/h5-11,13H,12H2,1-4H3,(H2,22,24,25). The Morgan fingerprint density at radius 2 is 1.68 bits per heavy atom. The molecule has 2 aromatic carbocycles. The van der Waals surface area contributed by atoms with Crippen LogP contribution >= 0.6 is 0 Å². The van der Waals surface area contributed by atoms with E-state index in [2.05, 4.69) is 5.16 Å². The van der Waals surface area contributed by atoms with Gasteiger partial charge in [-0.1, -0.05) is 47.6 Å². The molecule has 0 unspecified atom stereocenters. The predicted molar refractivity (Wildman–Crippen MR) is 108 cm³/mol. The molecule has 0 radical (unpaired) electrons.